The molecule has 0 aliphatic heterocycles. The van der Waals surface area contributed by atoms with E-state index in [1.165, 1.54) is 72.3 Å². The van der Waals surface area contributed by atoms with Crippen molar-refractivity contribution in [1.82, 2.24) is 29.9 Å². The molecule has 8 rings (SSSR count). The molecular weight excluding hydrogens is 781 g/mol. The minimum atomic E-state index is 1.12. The van der Waals surface area contributed by atoms with Crippen LogP contribution in [0.2, 0.25) is 0 Å². The molecular formula is C58H74N6. The summed E-state index contributed by atoms with van der Waals surface area (Å²) in [5, 5.41) is 0. The maximum absolute atomic E-state index is 4.08. The van der Waals surface area contributed by atoms with E-state index in [2.05, 4.69) is 187 Å². The maximum Gasteiger partial charge on any atom is 0.0401 e. The van der Waals surface area contributed by atoms with Crippen LogP contribution in [0, 0.1) is 111 Å². The first-order chi connectivity index (χ1) is 30.4. The van der Waals surface area contributed by atoms with Gasteiger partial charge >= 0.3 is 0 Å². The maximum atomic E-state index is 4.08. The van der Waals surface area contributed by atoms with Gasteiger partial charge in [-0.05, 0) is 220 Å². The van der Waals surface area contributed by atoms with E-state index in [1.54, 1.807) is 0 Å². The Kier molecular flexibility index (Phi) is 27.7. The number of benzene rings is 2. The van der Waals surface area contributed by atoms with Crippen LogP contribution in [0.25, 0.3) is 0 Å². The molecule has 0 unspecified atom stereocenters. The van der Waals surface area contributed by atoms with E-state index >= 15 is 0 Å². The van der Waals surface area contributed by atoms with Crippen molar-refractivity contribution in [2.45, 2.75) is 111 Å². The van der Waals surface area contributed by atoms with Crippen molar-refractivity contribution in [3.05, 3.63) is 248 Å². The fraction of sp³-hybridized carbons (Fsp3) is 0.276. The smallest absolute Gasteiger partial charge is 0.0401 e. The summed E-state index contributed by atoms with van der Waals surface area (Å²) in [5.41, 5.74) is 20.3. The lowest BCUT2D eigenvalue weighted by atomic mass is 10.1. The number of rotatable bonds is 0. The third kappa shape index (κ3) is 24.7. The first-order valence-electron chi connectivity index (χ1n) is 21.7. The Bertz CT molecular complexity index is 1800. The van der Waals surface area contributed by atoms with Crippen LogP contribution in [0.4, 0.5) is 0 Å². The van der Waals surface area contributed by atoms with Crippen molar-refractivity contribution in [2.24, 2.45) is 0 Å². The van der Waals surface area contributed by atoms with Gasteiger partial charge < -0.3 is 0 Å². The number of nitrogens with zero attached hydrogens (tertiary/aromatic N) is 6. The summed E-state index contributed by atoms with van der Waals surface area (Å²) < 4.78 is 0. The van der Waals surface area contributed by atoms with Crippen molar-refractivity contribution >= 4 is 0 Å². The molecule has 0 aliphatic carbocycles. The van der Waals surface area contributed by atoms with E-state index in [-0.39, 0.29) is 0 Å². The number of pyridine rings is 6. The van der Waals surface area contributed by atoms with Crippen molar-refractivity contribution in [3.8, 4) is 0 Å². The Morgan fingerprint density at radius 3 is 0.531 bits per heavy atom. The summed E-state index contributed by atoms with van der Waals surface area (Å²) >= 11 is 0. The van der Waals surface area contributed by atoms with Crippen LogP contribution in [-0.2, 0) is 0 Å². The van der Waals surface area contributed by atoms with Crippen LogP contribution in [0.3, 0.4) is 0 Å². The molecule has 0 atom stereocenters. The molecule has 0 amide bonds. The lowest BCUT2D eigenvalue weighted by Crippen LogP contribution is -1.81. The van der Waals surface area contributed by atoms with E-state index in [0.717, 1.165) is 17.1 Å². The second-order valence-electron chi connectivity index (χ2n) is 15.8. The molecule has 6 nitrogen and oxygen atoms in total. The van der Waals surface area contributed by atoms with Gasteiger partial charge in [-0.25, -0.2) is 0 Å². The average Bonchev–Trinajstić information content (AvgIpc) is 3.28. The lowest BCUT2D eigenvalue weighted by Gasteiger charge is -1.93. The fourth-order valence-corrected chi connectivity index (χ4v) is 4.65. The number of aromatic nitrogens is 6. The molecule has 64 heavy (non-hydrogen) atoms. The zero-order valence-corrected chi connectivity index (χ0v) is 41.7. The third-order valence-electron chi connectivity index (χ3n) is 10.6. The van der Waals surface area contributed by atoms with Crippen LogP contribution >= 0.6 is 0 Å². The molecule has 336 valence electrons. The predicted molar refractivity (Wildman–Crippen MR) is 274 cm³/mol. The van der Waals surface area contributed by atoms with Crippen LogP contribution in [-0.4, -0.2) is 29.9 Å². The van der Waals surface area contributed by atoms with Crippen LogP contribution in [0.5, 0.6) is 0 Å². The molecule has 6 heteroatoms. The van der Waals surface area contributed by atoms with Gasteiger partial charge in [-0.2, -0.15) is 0 Å². The van der Waals surface area contributed by atoms with Gasteiger partial charge in [0.2, 0.25) is 0 Å². The fourth-order valence-electron chi connectivity index (χ4n) is 4.65. The Balaban J connectivity index is 0.000000366. The highest BCUT2D eigenvalue weighted by atomic mass is 14.7. The quantitative estimate of drug-likeness (QED) is 0.151. The van der Waals surface area contributed by atoms with E-state index in [0.29, 0.717) is 0 Å². The van der Waals surface area contributed by atoms with Crippen LogP contribution in [0.1, 0.15) is 89.4 Å². The molecule has 0 N–H and O–H groups in total. The van der Waals surface area contributed by atoms with Gasteiger partial charge in [0, 0.05) is 72.9 Å². The van der Waals surface area contributed by atoms with Gasteiger partial charge in [0.05, 0.1) is 0 Å². The van der Waals surface area contributed by atoms with Crippen LogP contribution < -0.4 is 0 Å². The van der Waals surface area contributed by atoms with Crippen molar-refractivity contribution in [3.63, 3.8) is 0 Å². The summed E-state index contributed by atoms with van der Waals surface area (Å²) in [6, 6.07) is 34.8. The molecule has 0 spiro atoms. The van der Waals surface area contributed by atoms with Gasteiger partial charge in [-0.15, -0.1) is 0 Å². The molecule has 0 fully saturated rings. The van der Waals surface area contributed by atoms with Gasteiger partial charge in [-0.1, -0.05) is 66.7 Å². The Hall–Kier alpha value is -6.66. The average molecular weight is 855 g/mol. The molecule has 0 bridgehead atoms. The highest BCUT2D eigenvalue weighted by Crippen LogP contribution is 2.05. The zero-order valence-electron chi connectivity index (χ0n) is 41.7. The van der Waals surface area contributed by atoms with Crippen molar-refractivity contribution in [1.29, 1.82) is 0 Å². The molecule has 0 saturated carbocycles. The lowest BCUT2D eigenvalue weighted by molar-refractivity contribution is 1.15. The molecule has 6 heterocycles. The standard InChI is InChI=1S/2C8H10.6C7H9N/c2*1-7-5-3-4-6-8(7)2;3*1-6-3-4-8-5-7(6)2;3*1-6-4-3-5-8-7(6)2/h2*3-6H,1-2H3;6*3-5H,1-2H3. The molecule has 6 aromatic heterocycles. The van der Waals surface area contributed by atoms with Crippen LogP contribution in [0.15, 0.2) is 159 Å². The summed E-state index contributed by atoms with van der Waals surface area (Å²) in [7, 11) is 0. The second kappa shape index (κ2) is 32.1. The van der Waals surface area contributed by atoms with E-state index < -0.39 is 0 Å². The minimum absolute atomic E-state index is 1.12. The highest BCUT2D eigenvalue weighted by Gasteiger charge is 1.90. The number of aryl methyl sites for hydroxylation is 16. The SMILES string of the molecule is Cc1ccccc1C.Cc1ccccc1C.Cc1cccnc1C.Cc1cccnc1C.Cc1cccnc1C.Cc1ccncc1C.Cc1ccncc1C.Cc1ccncc1C. The summed E-state index contributed by atoms with van der Waals surface area (Å²) in [4.78, 5) is 24.1. The number of hydrogen-bond donors (Lipinski definition) is 0. The summed E-state index contributed by atoms with van der Waals surface area (Å²) in [6.45, 7) is 33.1. The Labute approximate surface area is 387 Å². The molecule has 2 aromatic carbocycles. The highest BCUT2D eigenvalue weighted by molar-refractivity contribution is 5.25. The van der Waals surface area contributed by atoms with E-state index in [1.807, 2.05) is 113 Å². The Morgan fingerprint density at radius 2 is 0.406 bits per heavy atom. The zero-order chi connectivity index (χ0) is 47.9. The largest absolute Gasteiger partial charge is 0.264 e. The monoisotopic (exact) mass is 855 g/mol. The predicted octanol–water partition coefficient (Wildman–Crippen LogP) is 14.8. The first kappa shape index (κ1) is 55.4. The van der Waals surface area contributed by atoms with Crippen molar-refractivity contribution in [2.75, 3.05) is 0 Å². The molecule has 0 aliphatic rings. The molecule has 0 radical (unpaired) electrons. The summed E-state index contributed by atoms with van der Waals surface area (Å²) in [5.74, 6) is 0. The summed E-state index contributed by atoms with van der Waals surface area (Å²) in [6.07, 6.45) is 16.5. The molecule has 8 aromatic rings. The third-order valence-corrected chi connectivity index (χ3v) is 10.6. The normalized spacial score (nSPS) is 9.25. The Morgan fingerprint density at radius 1 is 0.203 bits per heavy atom. The van der Waals surface area contributed by atoms with Gasteiger partial charge in [0.1, 0.15) is 0 Å². The first-order valence-corrected chi connectivity index (χ1v) is 21.7. The van der Waals surface area contributed by atoms with Crippen molar-refractivity contribution < 1.29 is 0 Å². The van der Waals surface area contributed by atoms with E-state index in [4.69, 9.17) is 0 Å². The van der Waals surface area contributed by atoms with Gasteiger partial charge in [0.25, 0.3) is 0 Å². The topological polar surface area (TPSA) is 77.3 Å². The van der Waals surface area contributed by atoms with E-state index in [9.17, 15) is 0 Å². The second-order valence-corrected chi connectivity index (χ2v) is 15.8. The number of hydrogen-bond acceptors (Lipinski definition) is 6. The van der Waals surface area contributed by atoms with Gasteiger partial charge in [-0.3, -0.25) is 29.9 Å². The minimum Gasteiger partial charge on any atom is -0.264 e. The molecule has 0 saturated heterocycles. The van der Waals surface area contributed by atoms with Gasteiger partial charge in [0.15, 0.2) is 0 Å².